The molecule has 0 radical (unpaired) electrons. The van der Waals surface area contributed by atoms with Gasteiger partial charge in [0.2, 0.25) is 11.7 Å². The van der Waals surface area contributed by atoms with E-state index in [4.69, 9.17) is 17.3 Å². The standard InChI is InChI=1S/C28H35ClN4O8.2ClH/c1-4-5-6-7-31-11-16(34)32-20-15(29)10-13-8-12-9-14-21(33(2)3)24(37)19(27(30)40)26(39)28(14,41)25(38)18(12)22(35)17(13)23(20)36;;/h10,12,14,21,31,36-38,41H,4-9,11H2,1-3H3,(H2,30,40)(H,32,34);2*1H/t12?,14?,21-,28-;;/m0../s1. The summed E-state index contributed by atoms with van der Waals surface area (Å²) in [5.74, 6) is -8.02. The van der Waals surface area contributed by atoms with Gasteiger partial charge in [-0.2, -0.15) is 0 Å². The second-order valence-corrected chi connectivity index (χ2v) is 11.4. The highest BCUT2D eigenvalue weighted by Crippen LogP contribution is 2.53. The van der Waals surface area contributed by atoms with Crippen molar-refractivity contribution >= 4 is 65.5 Å². The molecule has 15 heteroatoms. The molecule has 0 bridgehead atoms. The van der Waals surface area contributed by atoms with Crippen molar-refractivity contribution in [3.8, 4) is 5.75 Å². The zero-order valence-electron chi connectivity index (χ0n) is 23.9. The van der Waals surface area contributed by atoms with Crippen LogP contribution in [-0.2, 0) is 20.8 Å². The lowest BCUT2D eigenvalue weighted by atomic mass is 9.58. The number of nitrogens with one attached hydrogen (secondary N) is 2. The Morgan fingerprint density at radius 3 is 2.40 bits per heavy atom. The summed E-state index contributed by atoms with van der Waals surface area (Å²) in [6.45, 7) is 2.64. The number of nitrogens with two attached hydrogens (primary N) is 1. The van der Waals surface area contributed by atoms with E-state index >= 15 is 0 Å². The highest BCUT2D eigenvalue weighted by Gasteiger charge is 2.63. The molecule has 0 fully saturated rings. The zero-order valence-corrected chi connectivity index (χ0v) is 26.3. The summed E-state index contributed by atoms with van der Waals surface area (Å²) in [4.78, 5) is 53.2. The Morgan fingerprint density at radius 2 is 1.81 bits per heavy atom. The van der Waals surface area contributed by atoms with Crippen LogP contribution in [0.2, 0.25) is 5.02 Å². The number of amides is 2. The van der Waals surface area contributed by atoms with E-state index in [1.54, 1.807) is 14.1 Å². The first kappa shape index (κ1) is 36.3. The zero-order chi connectivity index (χ0) is 30.4. The minimum absolute atomic E-state index is 0. The predicted molar refractivity (Wildman–Crippen MR) is 164 cm³/mol. The molecule has 1 aromatic carbocycles. The second-order valence-electron chi connectivity index (χ2n) is 11.0. The number of fused-ring (bicyclic) bond motifs is 3. The van der Waals surface area contributed by atoms with Crippen molar-refractivity contribution in [2.45, 2.75) is 50.7 Å². The Morgan fingerprint density at radius 1 is 1.16 bits per heavy atom. The number of carbonyl (C=O) groups is 4. The molecular weight excluding hydrogens is 627 g/mol. The van der Waals surface area contributed by atoms with Crippen LogP contribution in [0.3, 0.4) is 0 Å². The van der Waals surface area contributed by atoms with E-state index in [1.165, 1.54) is 11.0 Å². The number of anilines is 1. The predicted octanol–water partition coefficient (Wildman–Crippen LogP) is 2.34. The summed E-state index contributed by atoms with van der Waals surface area (Å²) in [6.07, 6.45) is 2.99. The number of Topliss-reactive ketones (excluding diaryl/α,β-unsaturated/α-hetero) is 2. The Balaban J connectivity index is 0.00000323. The first-order valence-electron chi connectivity index (χ1n) is 13.5. The van der Waals surface area contributed by atoms with Gasteiger partial charge < -0.3 is 36.8 Å². The third kappa shape index (κ3) is 6.09. The molecule has 0 saturated heterocycles. The van der Waals surface area contributed by atoms with Crippen LogP contribution in [0.25, 0.3) is 0 Å². The maximum atomic E-state index is 13.8. The largest absolute Gasteiger partial charge is 0.510 e. The van der Waals surface area contributed by atoms with Gasteiger partial charge >= 0.3 is 0 Å². The number of primary amides is 1. The molecule has 4 atom stereocenters. The fraction of sp³-hybridized carbons (Fsp3) is 0.500. The summed E-state index contributed by atoms with van der Waals surface area (Å²) < 4.78 is 0. The topological polar surface area (TPSA) is 203 Å². The lowest BCUT2D eigenvalue weighted by molar-refractivity contribution is -0.148. The number of unbranched alkanes of at least 4 members (excludes halogenated alkanes) is 2. The average Bonchev–Trinajstić information content (AvgIpc) is 2.88. The van der Waals surface area contributed by atoms with Gasteiger partial charge in [-0.1, -0.05) is 31.4 Å². The van der Waals surface area contributed by atoms with Crippen molar-refractivity contribution in [2.24, 2.45) is 17.6 Å². The molecule has 12 nitrogen and oxygen atoms in total. The molecule has 1 aromatic rings. The molecule has 0 aliphatic heterocycles. The molecule has 0 spiro atoms. The number of hydrogen-bond donors (Lipinski definition) is 7. The SMILES string of the molecule is CCCCCNCC(=O)Nc1c(Cl)cc2c(c1O)C(=O)C1=C(O)[C@]3(O)C(=O)C(C(N)=O)=C(O)[C@@H](N(C)C)C3CC1C2.Cl.Cl. The minimum Gasteiger partial charge on any atom is -0.510 e. The van der Waals surface area contributed by atoms with Crippen LogP contribution in [0.1, 0.15) is 48.5 Å². The molecule has 4 rings (SSSR count). The summed E-state index contributed by atoms with van der Waals surface area (Å²) in [5, 5.41) is 50.4. The number of nitrogens with zero attached hydrogens (tertiary/aromatic N) is 1. The third-order valence-electron chi connectivity index (χ3n) is 8.17. The Kier molecular flexibility index (Phi) is 11.7. The summed E-state index contributed by atoms with van der Waals surface area (Å²) in [7, 11) is 3.11. The highest BCUT2D eigenvalue weighted by molar-refractivity contribution is 6.35. The van der Waals surface area contributed by atoms with Crippen molar-refractivity contribution in [3.05, 3.63) is 44.9 Å². The van der Waals surface area contributed by atoms with Gasteiger partial charge in [0, 0.05) is 11.5 Å². The van der Waals surface area contributed by atoms with Crippen LogP contribution in [-0.4, -0.2) is 87.5 Å². The molecule has 0 aromatic heterocycles. The smallest absolute Gasteiger partial charge is 0.255 e. The van der Waals surface area contributed by atoms with Crippen LogP contribution in [0.4, 0.5) is 5.69 Å². The number of phenols is 1. The Bertz CT molecular complexity index is 1400. The number of aromatic hydroxyl groups is 1. The molecule has 8 N–H and O–H groups in total. The fourth-order valence-electron chi connectivity index (χ4n) is 6.28. The number of aliphatic hydroxyl groups excluding tert-OH is 2. The number of carbonyl (C=O) groups excluding carboxylic acids is 4. The monoisotopic (exact) mass is 662 g/mol. The summed E-state index contributed by atoms with van der Waals surface area (Å²) in [5.41, 5.74) is 1.38. The van der Waals surface area contributed by atoms with Crippen LogP contribution in [0.5, 0.6) is 5.75 Å². The van der Waals surface area contributed by atoms with Crippen LogP contribution in [0, 0.1) is 11.8 Å². The molecule has 3 aliphatic carbocycles. The quantitative estimate of drug-likeness (QED) is 0.117. The van der Waals surface area contributed by atoms with Crippen LogP contribution < -0.4 is 16.4 Å². The molecule has 238 valence electrons. The van der Waals surface area contributed by atoms with Gasteiger partial charge in [0.25, 0.3) is 5.91 Å². The van der Waals surface area contributed by atoms with Gasteiger partial charge in [-0.05, 0) is 57.5 Å². The number of benzene rings is 1. The van der Waals surface area contributed by atoms with Gasteiger partial charge in [0.1, 0.15) is 22.8 Å². The van der Waals surface area contributed by atoms with Gasteiger partial charge in [0.15, 0.2) is 17.1 Å². The Labute approximate surface area is 266 Å². The molecule has 2 unspecified atom stereocenters. The van der Waals surface area contributed by atoms with Gasteiger partial charge in [-0.15, -0.1) is 24.8 Å². The molecule has 43 heavy (non-hydrogen) atoms. The van der Waals surface area contributed by atoms with Crippen LogP contribution >= 0.6 is 36.4 Å². The normalized spacial score (nSPS) is 24.5. The number of rotatable bonds is 9. The van der Waals surface area contributed by atoms with Crippen molar-refractivity contribution in [3.63, 3.8) is 0 Å². The number of aliphatic hydroxyl groups is 3. The van der Waals surface area contributed by atoms with Crippen molar-refractivity contribution in [1.82, 2.24) is 10.2 Å². The lowest BCUT2D eigenvalue weighted by Crippen LogP contribution is -2.63. The van der Waals surface area contributed by atoms with Gasteiger partial charge in [0.05, 0.1) is 23.2 Å². The minimum atomic E-state index is -2.73. The van der Waals surface area contributed by atoms with E-state index in [1.807, 2.05) is 0 Å². The number of halogens is 3. The summed E-state index contributed by atoms with van der Waals surface area (Å²) >= 11 is 6.40. The van der Waals surface area contributed by atoms with E-state index in [2.05, 4.69) is 17.6 Å². The number of ketones is 2. The number of likely N-dealkylation sites (N-methyl/N-ethyl adjacent to an activating group) is 1. The number of allylic oxidation sites excluding steroid dienone is 1. The molecule has 0 heterocycles. The maximum absolute atomic E-state index is 13.8. The second kappa shape index (κ2) is 13.8. The molecule has 0 saturated carbocycles. The maximum Gasteiger partial charge on any atom is 0.255 e. The lowest BCUT2D eigenvalue weighted by Gasteiger charge is -2.50. The molecular formula is C28H37Cl3N4O8. The Hall–Kier alpha value is -2.87. The summed E-state index contributed by atoms with van der Waals surface area (Å²) in [6, 6.07) is 0.372. The first-order valence-corrected chi connectivity index (χ1v) is 13.8. The highest BCUT2D eigenvalue weighted by atomic mass is 35.5. The van der Waals surface area contributed by atoms with Gasteiger partial charge in [-0.25, -0.2) is 0 Å². The number of hydrogen-bond acceptors (Lipinski definition) is 10. The average molecular weight is 664 g/mol. The van der Waals surface area contributed by atoms with E-state index in [-0.39, 0.29) is 66.0 Å². The first-order chi connectivity index (χ1) is 19.3. The van der Waals surface area contributed by atoms with Crippen molar-refractivity contribution in [1.29, 1.82) is 0 Å². The third-order valence-corrected chi connectivity index (χ3v) is 8.47. The van der Waals surface area contributed by atoms with Crippen molar-refractivity contribution in [2.75, 3.05) is 32.5 Å². The van der Waals surface area contributed by atoms with E-state index in [0.29, 0.717) is 12.1 Å². The van der Waals surface area contributed by atoms with E-state index in [0.717, 1.165) is 19.3 Å². The fourth-order valence-corrected chi connectivity index (χ4v) is 6.54. The van der Waals surface area contributed by atoms with Crippen molar-refractivity contribution < 1.29 is 39.6 Å². The molecule has 2 amide bonds. The van der Waals surface area contributed by atoms with Crippen LogP contribution in [0.15, 0.2) is 28.7 Å². The van der Waals surface area contributed by atoms with E-state index < -0.39 is 69.7 Å². The van der Waals surface area contributed by atoms with Gasteiger partial charge in [-0.3, -0.25) is 24.1 Å². The van der Waals surface area contributed by atoms with E-state index in [9.17, 15) is 39.6 Å². The number of phenolic OH excluding ortho intramolecular Hbond substituents is 1. The molecule has 3 aliphatic rings.